The Balaban J connectivity index is 2.43. The number of carboxylic acids is 1. The molecule has 0 fully saturated rings. The molecule has 104 valence electrons. The molecule has 0 amide bonds. The predicted octanol–water partition coefficient (Wildman–Crippen LogP) is -0.357. The molecular weight excluding hydrogens is 274 g/mol. The van der Waals surface area contributed by atoms with Crippen LogP contribution in [-0.2, 0) is 14.6 Å². The van der Waals surface area contributed by atoms with Gasteiger partial charge in [0.2, 0.25) is 0 Å². The van der Waals surface area contributed by atoms with Gasteiger partial charge in [-0.25, -0.2) is 8.42 Å². The van der Waals surface area contributed by atoms with Crippen molar-refractivity contribution >= 4 is 15.8 Å². The molecule has 1 unspecified atom stereocenters. The summed E-state index contributed by atoms with van der Waals surface area (Å²) in [5.41, 5.74) is 5.22. The van der Waals surface area contributed by atoms with E-state index in [-0.39, 0.29) is 10.6 Å². The van der Waals surface area contributed by atoms with E-state index in [1.807, 2.05) is 0 Å². The molecule has 0 aromatic heterocycles. The first-order chi connectivity index (χ1) is 8.96. The molecule has 0 saturated carbocycles. The normalized spacial score (nSPS) is 15.8. The van der Waals surface area contributed by atoms with Gasteiger partial charge in [0.15, 0.2) is 26.6 Å². The van der Waals surface area contributed by atoms with E-state index in [1.54, 1.807) is 0 Å². The summed E-state index contributed by atoms with van der Waals surface area (Å²) in [5, 5.41) is 7.22. The van der Waals surface area contributed by atoms with Crippen LogP contribution in [0, 0.1) is 0 Å². The Bertz CT molecular complexity index is 597. The Kier molecular flexibility index (Phi) is 3.63. The van der Waals surface area contributed by atoms with Crippen LogP contribution in [0.2, 0.25) is 0 Å². The van der Waals surface area contributed by atoms with Gasteiger partial charge in [0, 0.05) is 12.6 Å². The zero-order chi connectivity index (χ0) is 14.0. The Morgan fingerprint density at radius 1 is 1.32 bits per heavy atom. The van der Waals surface area contributed by atoms with Crippen molar-refractivity contribution in [2.45, 2.75) is 10.1 Å². The Morgan fingerprint density at radius 3 is 2.53 bits per heavy atom. The third-order valence-electron chi connectivity index (χ3n) is 2.71. The van der Waals surface area contributed by atoms with Crippen LogP contribution in [0.5, 0.6) is 11.5 Å². The molecule has 0 spiro atoms. The summed E-state index contributed by atoms with van der Waals surface area (Å²) in [5.74, 6) is -0.754. The lowest BCUT2D eigenvalue weighted by Gasteiger charge is -2.19. The van der Waals surface area contributed by atoms with Crippen molar-refractivity contribution in [1.29, 1.82) is 0 Å². The summed E-state index contributed by atoms with van der Waals surface area (Å²) in [6.45, 7) is 0.210. The van der Waals surface area contributed by atoms with E-state index >= 15 is 0 Å². The van der Waals surface area contributed by atoms with Gasteiger partial charge in [-0.2, -0.15) is 0 Å². The number of hydrogen-bond acceptors (Lipinski definition) is 6. The molecule has 1 aromatic carbocycles. The highest BCUT2D eigenvalue weighted by molar-refractivity contribution is 7.92. The van der Waals surface area contributed by atoms with E-state index in [0.29, 0.717) is 19.0 Å². The SMILES string of the molecule is NCC(C(=O)O)S(=O)(=O)c1ccc2c(c1)OCCO2. The van der Waals surface area contributed by atoms with Gasteiger partial charge in [0.1, 0.15) is 13.2 Å². The van der Waals surface area contributed by atoms with Gasteiger partial charge >= 0.3 is 5.97 Å². The molecule has 0 saturated heterocycles. The van der Waals surface area contributed by atoms with E-state index in [1.165, 1.54) is 18.2 Å². The minimum Gasteiger partial charge on any atom is -0.486 e. The third-order valence-corrected chi connectivity index (χ3v) is 4.76. The number of ether oxygens (including phenoxy) is 2. The molecule has 7 nitrogen and oxygen atoms in total. The zero-order valence-electron chi connectivity index (χ0n) is 9.90. The summed E-state index contributed by atoms with van der Waals surface area (Å²) >= 11 is 0. The standard InChI is InChI=1S/C11H13NO6S/c12-6-10(11(13)14)19(15,16)7-1-2-8-9(5-7)18-4-3-17-8/h1-2,5,10H,3-4,6,12H2,(H,13,14). The van der Waals surface area contributed by atoms with Crippen LogP contribution in [0.4, 0.5) is 0 Å². The van der Waals surface area contributed by atoms with E-state index in [2.05, 4.69) is 0 Å². The molecule has 8 heteroatoms. The van der Waals surface area contributed by atoms with Crippen LogP contribution >= 0.6 is 0 Å². The highest BCUT2D eigenvalue weighted by Crippen LogP contribution is 2.33. The summed E-state index contributed by atoms with van der Waals surface area (Å²) in [7, 11) is -4.04. The smallest absolute Gasteiger partial charge is 0.323 e. The molecule has 1 aromatic rings. The Morgan fingerprint density at radius 2 is 1.95 bits per heavy atom. The van der Waals surface area contributed by atoms with Crippen molar-refractivity contribution in [3.63, 3.8) is 0 Å². The number of hydrogen-bond donors (Lipinski definition) is 2. The van der Waals surface area contributed by atoms with Crippen molar-refractivity contribution < 1.29 is 27.8 Å². The van der Waals surface area contributed by atoms with Crippen LogP contribution in [0.15, 0.2) is 23.1 Å². The molecule has 1 atom stereocenters. The number of fused-ring (bicyclic) bond motifs is 1. The van der Waals surface area contributed by atoms with Crippen molar-refractivity contribution in [1.82, 2.24) is 0 Å². The van der Waals surface area contributed by atoms with E-state index in [9.17, 15) is 13.2 Å². The molecule has 2 rings (SSSR count). The minimum atomic E-state index is -4.04. The molecule has 1 aliphatic rings. The van der Waals surface area contributed by atoms with Gasteiger partial charge in [0.05, 0.1) is 4.90 Å². The summed E-state index contributed by atoms with van der Waals surface area (Å²) in [6, 6.07) is 3.99. The number of carboxylic acid groups (broad SMARTS) is 1. The number of sulfone groups is 1. The first-order valence-electron chi connectivity index (χ1n) is 5.53. The van der Waals surface area contributed by atoms with Crippen LogP contribution in [-0.4, -0.2) is 44.5 Å². The fourth-order valence-corrected chi connectivity index (χ4v) is 3.10. The van der Waals surface area contributed by atoms with Crippen LogP contribution in [0.3, 0.4) is 0 Å². The first-order valence-corrected chi connectivity index (χ1v) is 7.08. The topological polar surface area (TPSA) is 116 Å². The van der Waals surface area contributed by atoms with Gasteiger partial charge in [0.25, 0.3) is 0 Å². The maximum atomic E-state index is 12.1. The Hall–Kier alpha value is -1.80. The van der Waals surface area contributed by atoms with E-state index < -0.39 is 27.6 Å². The highest BCUT2D eigenvalue weighted by Gasteiger charge is 2.33. The highest BCUT2D eigenvalue weighted by atomic mass is 32.2. The average molecular weight is 287 g/mol. The van der Waals surface area contributed by atoms with Crippen molar-refractivity contribution in [2.75, 3.05) is 19.8 Å². The minimum absolute atomic E-state index is 0.144. The third kappa shape index (κ3) is 2.49. The molecule has 19 heavy (non-hydrogen) atoms. The number of aliphatic carboxylic acids is 1. The second-order valence-electron chi connectivity index (χ2n) is 3.91. The zero-order valence-corrected chi connectivity index (χ0v) is 10.7. The van der Waals surface area contributed by atoms with Crippen LogP contribution in [0.1, 0.15) is 0 Å². The van der Waals surface area contributed by atoms with Gasteiger partial charge in [-0.05, 0) is 12.1 Å². The fourth-order valence-electron chi connectivity index (χ4n) is 1.73. The maximum absolute atomic E-state index is 12.1. The van der Waals surface area contributed by atoms with E-state index in [4.69, 9.17) is 20.3 Å². The summed E-state index contributed by atoms with van der Waals surface area (Å²) in [4.78, 5) is 10.8. The Labute approximate surface area is 109 Å². The van der Waals surface area contributed by atoms with Crippen molar-refractivity contribution in [3.05, 3.63) is 18.2 Å². The van der Waals surface area contributed by atoms with Crippen molar-refractivity contribution in [2.24, 2.45) is 5.73 Å². The number of benzene rings is 1. The summed E-state index contributed by atoms with van der Waals surface area (Å²) < 4.78 is 34.8. The lowest BCUT2D eigenvalue weighted by atomic mass is 10.3. The van der Waals surface area contributed by atoms with Gasteiger partial charge < -0.3 is 20.3 Å². The number of carbonyl (C=O) groups is 1. The molecular formula is C11H13NO6S. The van der Waals surface area contributed by atoms with Gasteiger partial charge in [-0.1, -0.05) is 0 Å². The molecule has 1 heterocycles. The van der Waals surface area contributed by atoms with Crippen LogP contribution in [0.25, 0.3) is 0 Å². The van der Waals surface area contributed by atoms with E-state index in [0.717, 1.165) is 0 Å². The summed E-state index contributed by atoms with van der Waals surface area (Å²) in [6.07, 6.45) is 0. The molecule has 0 radical (unpaired) electrons. The second kappa shape index (κ2) is 5.06. The fraction of sp³-hybridized carbons (Fsp3) is 0.364. The van der Waals surface area contributed by atoms with Crippen LogP contribution < -0.4 is 15.2 Å². The van der Waals surface area contributed by atoms with Gasteiger partial charge in [-0.3, -0.25) is 4.79 Å². The quantitative estimate of drug-likeness (QED) is 0.777. The molecule has 3 N–H and O–H groups in total. The second-order valence-corrected chi connectivity index (χ2v) is 6.04. The first kappa shape index (κ1) is 13.6. The lowest BCUT2D eigenvalue weighted by Crippen LogP contribution is -2.37. The largest absolute Gasteiger partial charge is 0.486 e. The number of rotatable bonds is 4. The predicted molar refractivity (Wildman–Crippen MR) is 65.1 cm³/mol. The molecule has 0 aliphatic carbocycles. The maximum Gasteiger partial charge on any atom is 0.323 e. The average Bonchev–Trinajstić information content (AvgIpc) is 2.38. The molecule has 1 aliphatic heterocycles. The lowest BCUT2D eigenvalue weighted by molar-refractivity contribution is -0.136. The molecule has 0 bridgehead atoms. The van der Waals surface area contributed by atoms with Crippen molar-refractivity contribution in [3.8, 4) is 11.5 Å². The monoisotopic (exact) mass is 287 g/mol. The number of nitrogens with two attached hydrogens (primary N) is 1. The van der Waals surface area contributed by atoms with Gasteiger partial charge in [-0.15, -0.1) is 0 Å².